The fraction of sp³-hybridized carbons (Fsp3) is 0.0909. The lowest BCUT2D eigenvalue weighted by Crippen LogP contribution is -2.01. The van der Waals surface area contributed by atoms with Crippen molar-refractivity contribution in [3.8, 4) is 28.1 Å². The van der Waals surface area contributed by atoms with Crippen molar-refractivity contribution in [3.63, 3.8) is 0 Å². The third-order valence-corrected chi connectivity index (χ3v) is 4.21. The van der Waals surface area contributed by atoms with Crippen LogP contribution in [-0.4, -0.2) is 22.7 Å². The summed E-state index contributed by atoms with van der Waals surface area (Å²) >= 11 is 6.23. The molecule has 0 radical (unpaired) electrons. The molecule has 0 aliphatic heterocycles. The smallest absolute Gasteiger partial charge is 0.354 e. The van der Waals surface area contributed by atoms with E-state index in [9.17, 15) is 9.90 Å². The molecule has 27 heavy (non-hydrogen) atoms. The Morgan fingerprint density at radius 1 is 1.07 bits per heavy atom. The van der Waals surface area contributed by atoms with Gasteiger partial charge in [-0.15, -0.1) is 0 Å². The lowest BCUT2D eigenvalue weighted by molar-refractivity contribution is 0.0690. The molecule has 0 unspecified atom stereocenters. The molecule has 0 spiro atoms. The van der Waals surface area contributed by atoms with E-state index < -0.39 is 5.97 Å². The van der Waals surface area contributed by atoms with Gasteiger partial charge in [-0.25, -0.2) is 9.78 Å². The number of carboxylic acids is 1. The van der Waals surface area contributed by atoms with E-state index in [1.54, 1.807) is 18.2 Å². The van der Waals surface area contributed by atoms with Crippen molar-refractivity contribution in [3.05, 3.63) is 83.5 Å². The van der Waals surface area contributed by atoms with E-state index in [0.29, 0.717) is 23.1 Å². The van der Waals surface area contributed by atoms with Crippen molar-refractivity contribution in [2.75, 3.05) is 6.61 Å². The van der Waals surface area contributed by atoms with Gasteiger partial charge in [-0.3, -0.25) is 0 Å². The molecule has 0 aliphatic rings. The topological polar surface area (TPSA) is 59.4 Å². The van der Waals surface area contributed by atoms with E-state index in [2.05, 4.69) is 4.98 Å². The van der Waals surface area contributed by atoms with E-state index in [1.165, 1.54) is 6.07 Å². The number of nitrogens with zero attached hydrogens (tertiary/aromatic N) is 1. The second kappa shape index (κ2) is 8.52. The van der Waals surface area contributed by atoms with Crippen molar-refractivity contribution in [2.45, 2.75) is 6.92 Å². The first-order valence-electron chi connectivity index (χ1n) is 8.44. The van der Waals surface area contributed by atoms with Gasteiger partial charge in [0.2, 0.25) is 0 Å². The minimum Gasteiger partial charge on any atom is -0.489 e. The predicted molar refractivity (Wildman–Crippen MR) is 107 cm³/mol. The van der Waals surface area contributed by atoms with Gasteiger partial charge in [0.1, 0.15) is 18.1 Å². The Morgan fingerprint density at radius 3 is 2.59 bits per heavy atom. The highest BCUT2D eigenvalue weighted by atomic mass is 35.5. The number of allylic oxidation sites excluding steroid dienone is 1. The van der Waals surface area contributed by atoms with Crippen molar-refractivity contribution < 1.29 is 14.6 Å². The normalized spacial score (nSPS) is 10.9. The van der Waals surface area contributed by atoms with Gasteiger partial charge >= 0.3 is 5.97 Å². The molecule has 0 atom stereocenters. The number of carbonyl (C=O) groups is 1. The molecule has 0 bridgehead atoms. The molecule has 136 valence electrons. The van der Waals surface area contributed by atoms with Crippen molar-refractivity contribution in [1.29, 1.82) is 0 Å². The van der Waals surface area contributed by atoms with Gasteiger partial charge < -0.3 is 9.84 Å². The first-order valence-corrected chi connectivity index (χ1v) is 8.81. The molecule has 0 saturated heterocycles. The Hall–Kier alpha value is -3.11. The summed E-state index contributed by atoms with van der Waals surface area (Å²) in [5, 5.41) is 9.83. The summed E-state index contributed by atoms with van der Waals surface area (Å²) in [6.45, 7) is 2.38. The lowest BCUT2D eigenvalue weighted by atomic mass is 9.96. The second-order valence-corrected chi connectivity index (χ2v) is 6.22. The van der Waals surface area contributed by atoms with Crippen LogP contribution in [0.1, 0.15) is 17.4 Å². The zero-order valence-electron chi connectivity index (χ0n) is 14.7. The van der Waals surface area contributed by atoms with Gasteiger partial charge in [0, 0.05) is 16.1 Å². The highest BCUT2D eigenvalue weighted by molar-refractivity contribution is 6.31. The van der Waals surface area contributed by atoms with Gasteiger partial charge in [0.25, 0.3) is 0 Å². The molecule has 1 aromatic heterocycles. The summed E-state index contributed by atoms with van der Waals surface area (Å²) < 4.78 is 5.88. The molecule has 3 rings (SSSR count). The zero-order valence-corrected chi connectivity index (χ0v) is 15.5. The van der Waals surface area contributed by atoms with Gasteiger partial charge in [-0.2, -0.15) is 0 Å². The van der Waals surface area contributed by atoms with Gasteiger partial charge in [-0.1, -0.05) is 54.1 Å². The molecule has 5 heteroatoms. The van der Waals surface area contributed by atoms with Crippen LogP contribution in [0.2, 0.25) is 5.02 Å². The van der Waals surface area contributed by atoms with E-state index >= 15 is 0 Å². The molecule has 1 heterocycles. The fourth-order valence-corrected chi connectivity index (χ4v) is 2.89. The van der Waals surface area contributed by atoms with E-state index in [-0.39, 0.29) is 5.69 Å². The summed E-state index contributed by atoms with van der Waals surface area (Å²) in [6.07, 6.45) is 3.84. The maximum Gasteiger partial charge on any atom is 0.354 e. The third kappa shape index (κ3) is 4.36. The van der Waals surface area contributed by atoms with Crippen LogP contribution >= 0.6 is 11.6 Å². The average Bonchev–Trinajstić information content (AvgIpc) is 2.69. The number of carboxylic acid groups (broad SMARTS) is 1. The fourth-order valence-electron chi connectivity index (χ4n) is 2.72. The quantitative estimate of drug-likeness (QED) is 0.556. The van der Waals surface area contributed by atoms with Gasteiger partial charge in [0.05, 0.1) is 5.69 Å². The summed E-state index contributed by atoms with van der Waals surface area (Å²) in [5.41, 5.74) is 3.07. The minimum absolute atomic E-state index is 0.00189. The van der Waals surface area contributed by atoms with Crippen molar-refractivity contribution >= 4 is 17.6 Å². The molecular formula is C22H18ClNO3. The Kier molecular flexibility index (Phi) is 5.89. The molecule has 0 aliphatic carbocycles. The summed E-state index contributed by atoms with van der Waals surface area (Å²) in [7, 11) is 0. The van der Waals surface area contributed by atoms with E-state index in [0.717, 1.165) is 16.7 Å². The Labute approximate surface area is 162 Å². The maximum absolute atomic E-state index is 11.3. The molecule has 3 aromatic rings. The standard InChI is InChI=1S/C22H18ClNO3/c1-2-3-13-27-21-12-11-15(23)14-18(21)16-7-4-5-8-17(16)19-9-6-10-20(24-19)22(25)26/h2-12,14H,13H2,1H3,(H,25,26). The van der Waals surface area contributed by atoms with Crippen LogP contribution in [-0.2, 0) is 0 Å². The van der Waals surface area contributed by atoms with Crippen LogP contribution in [0.5, 0.6) is 5.75 Å². The SMILES string of the molecule is CC=CCOc1ccc(Cl)cc1-c1ccccc1-c1cccc(C(=O)O)n1. The number of aromatic carboxylic acids is 1. The number of hydrogen-bond acceptors (Lipinski definition) is 3. The van der Waals surface area contributed by atoms with Crippen LogP contribution < -0.4 is 4.74 Å². The number of aromatic nitrogens is 1. The van der Waals surface area contributed by atoms with Gasteiger partial charge in [-0.05, 0) is 42.8 Å². The Morgan fingerprint density at radius 2 is 1.85 bits per heavy atom. The molecule has 4 nitrogen and oxygen atoms in total. The first-order chi connectivity index (χ1) is 13.1. The van der Waals surface area contributed by atoms with Gasteiger partial charge in [0.15, 0.2) is 0 Å². The average molecular weight is 380 g/mol. The van der Waals surface area contributed by atoms with E-state index in [4.69, 9.17) is 16.3 Å². The third-order valence-electron chi connectivity index (χ3n) is 3.97. The molecule has 0 fully saturated rings. The number of halogens is 1. The molecule has 2 aromatic carbocycles. The Bertz CT molecular complexity index is 998. The largest absolute Gasteiger partial charge is 0.489 e. The number of rotatable bonds is 6. The van der Waals surface area contributed by atoms with Crippen LogP contribution in [0.25, 0.3) is 22.4 Å². The highest BCUT2D eigenvalue weighted by Gasteiger charge is 2.14. The number of benzene rings is 2. The van der Waals surface area contributed by atoms with Crippen LogP contribution in [0.4, 0.5) is 0 Å². The molecule has 1 N–H and O–H groups in total. The van der Waals surface area contributed by atoms with Crippen LogP contribution in [0.15, 0.2) is 72.8 Å². The summed E-state index contributed by atoms with van der Waals surface area (Å²) in [4.78, 5) is 15.6. The summed E-state index contributed by atoms with van der Waals surface area (Å²) in [6, 6.07) is 18.0. The van der Waals surface area contributed by atoms with Crippen molar-refractivity contribution in [1.82, 2.24) is 4.98 Å². The summed E-state index contributed by atoms with van der Waals surface area (Å²) in [5.74, 6) is -0.369. The number of ether oxygens (including phenoxy) is 1. The first kappa shape index (κ1) is 18.7. The Balaban J connectivity index is 2.13. The number of hydrogen-bond donors (Lipinski definition) is 1. The molecular weight excluding hydrogens is 362 g/mol. The maximum atomic E-state index is 11.3. The molecule has 0 amide bonds. The second-order valence-electron chi connectivity index (χ2n) is 5.78. The zero-order chi connectivity index (χ0) is 19.2. The van der Waals surface area contributed by atoms with E-state index in [1.807, 2.05) is 55.5 Å². The van der Waals surface area contributed by atoms with Crippen LogP contribution in [0.3, 0.4) is 0 Å². The lowest BCUT2D eigenvalue weighted by Gasteiger charge is -2.15. The monoisotopic (exact) mass is 379 g/mol. The van der Waals surface area contributed by atoms with Crippen LogP contribution in [0, 0.1) is 0 Å². The molecule has 0 saturated carbocycles. The highest BCUT2D eigenvalue weighted by Crippen LogP contribution is 2.38. The number of pyridine rings is 1. The minimum atomic E-state index is -1.06. The van der Waals surface area contributed by atoms with Crippen molar-refractivity contribution in [2.24, 2.45) is 0 Å². The predicted octanol–water partition coefficient (Wildman–Crippen LogP) is 5.72.